The van der Waals surface area contributed by atoms with Crippen LogP contribution in [-0.2, 0) is 0 Å². The minimum atomic E-state index is 0.576. The lowest BCUT2D eigenvalue weighted by Crippen LogP contribution is -2.00. The number of oxazole rings is 1. The van der Waals surface area contributed by atoms with Crippen LogP contribution in [0.25, 0.3) is 100 Å². The van der Waals surface area contributed by atoms with Gasteiger partial charge >= 0.3 is 0 Å². The first-order valence-corrected chi connectivity index (χ1v) is 16.2. The highest BCUT2D eigenvalue weighted by Gasteiger charge is 2.17. The molecule has 0 aliphatic heterocycles. The van der Waals surface area contributed by atoms with Crippen LogP contribution >= 0.6 is 0 Å². The van der Waals surface area contributed by atoms with E-state index in [1.807, 2.05) is 72.8 Å². The number of para-hydroxylation sites is 1. The van der Waals surface area contributed by atoms with Crippen molar-refractivity contribution in [3.63, 3.8) is 0 Å². The van der Waals surface area contributed by atoms with Gasteiger partial charge in [0, 0.05) is 38.4 Å². The molecular formula is C43H26N4O2. The Bertz CT molecular complexity index is 2910. The Hall–Kier alpha value is -6.66. The highest BCUT2D eigenvalue weighted by Crippen LogP contribution is 2.37. The standard InChI is InChI=1S/C43H26N4O2/c1-25-8-7-11-29(22-25)40-45-41(47-42(46-40)31-18-20-33-32-12-5-6-13-36(32)48-37(33)24-31)30-17-15-26-14-16-27-19-21-35-39(38(27)34(26)23-30)49-43(44-35)28-9-3-2-4-10-28/h2-24H,1H3. The number of hydrogen-bond acceptors (Lipinski definition) is 6. The van der Waals surface area contributed by atoms with E-state index in [-0.39, 0.29) is 0 Å². The molecule has 10 aromatic rings. The summed E-state index contributed by atoms with van der Waals surface area (Å²) in [4.78, 5) is 20.0. The van der Waals surface area contributed by atoms with Crippen molar-refractivity contribution in [2.45, 2.75) is 6.92 Å². The summed E-state index contributed by atoms with van der Waals surface area (Å²) in [5.41, 5.74) is 7.95. The SMILES string of the molecule is Cc1cccc(-c2nc(-c3ccc4c(c3)oc3ccccc34)nc(-c3ccc4ccc5ccc6nc(-c7ccccc7)oc6c5c4c3)n2)c1. The Kier molecular flexibility index (Phi) is 5.99. The summed E-state index contributed by atoms with van der Waals surface area (Å²) >= 11 is 0. The number of rotatable bonds is 4. The summed E-state index contributed by atoms with van der Waals surface area (Å²) in [6.07, 6.45) is 0. The zero-order valence-electron chi connectivity index (χ0n) is 26.4. The second-order valence-corrected chi connectivity index (χ2v) is 12.4. The highest BCUT2D eigenvalue weighted by atomic mass is 16.3. The maximum atomic E-state index is 6.48. The molecule has 0 N–H and O–H groups in total. The number of fused-ring (bicyclic) bond motifs is 8. The van der Waals surface area contributed by atoms with Crippen LogP contribution in [0, 0.1) is 6.92 Å². The molecule has 0 unspecified atom stereocenters. The summed E-state index contributed by atoms with van der Waals surface area (Å²) in [7, 11) is 0. The van der Waals surface area contributed by atoms with Gasteiger partial charge in [-0.2, -0.15) is 0 Å². The van der Waals surface area contributed by atoms with Crippen LogP contribution in [0.15, 0.2) is 148 Å². The molecule has 0 aliphatic rings. The van der Waals surface area contributed by atoms with Crippen molar-refractivity contribution >= 4 is 54.6 Å². The molecule has 0 radical (unpaired) electrons. The molecule has 49 heavy (non-hydrogen) atoms. The van der Waals surface area contributed by atoms with E-state index >= 15 is 0 Å². The first kappa shape index (κ1) is 27.5. The van der Waals surface area contributed by atoms with E-state index in [0.29, 0.717) is 23.4 Å². The second kappa shape index (κ2) is 10.7. The fourth-order valence-corrected chi connectivity index (χ4v) is 6.78. The average molecular weight is 631 g/mol. The summed E-state index contributed by atoms with van der Waals surface area (Å²) in [5, 5.41) is 6.35. The smallest absolute Gasteiger partial charge is 0.227 e. The number of hydrogen-bond donors (Lipinski definition) is 0. The van der Waals surface area contributed by atoms with Gasteiger partial charge in [0.05, 0.1) is 0 Å². The molecular weight excluding hydrogens is 604 g/mol. The summed E-state index contributed by atoms with van der Waals surface area (Å²) < 4.78 is 12.7. The Balaban J connectivity index is 1.18. The fraction of sp³-hybridized carbons (Fsp3) is 0.0233. The van der Waals surface area contributed by atoms with E-state index in [4.69, 9.17) is 28.8 Å². The Morgan fingerprint density at radius 2 is 1.08 bits per heavy atom. The topological polar surface area (TPSA) is 77.8 Å². The normalized spacial score (nSPS) is 11.8. The fourth-order valence-electron chi connectivity index (χ4n) is 6.78. The van der Waals surface area contributed by atoms with E-state index in [1.165, 1.54) is 0 Å². The first-order chi connectivity index (χ1) is 24.1. The second-order valence-electron chi connectivity index (χ2n) is 12.4. The predicted molar refractivity (Wildman–Crippen MR) is 196 cm³/mol. The number of aromatic nitrogens is 4. The monoisotopic (exact) mass is 630 g/mol. The summed E-state index contributed by atoms with van der Waals surface area (Å²) in [5.74, 6) is 2.37. The van der Waals surface area contributed by atoms with Crippen molar-refractivity contribution in [1.82, 2.24) is 19.9 Å². The zero-order chi connectivity index (χ0) is 32.5. The molecule has 230 valence electrons. The van der Waals surface area contributed by atoms with Crippen molar-refractivity contribution in [2.75, 3.05) is 0 Å². The minimum Gasteiger partial charge on any atom is -0.456 e. The summed E-state index contributed by atoms with van der Waals surface area (Å²) in [6.45, 7) is 2.07. The lowest BCUT2D eigenvalue weighted by atomic mass is 9.99. The zero-order valence-corrected chi connectivity index (χ0v) is 26.4. The van der Waals surface area contributed by atoms with Crippen LogP contribution in [0.3, 0.4) is 0 Å². The molecule has 0 saturated carbocycles. The van der Waals surface area contributed by atoms with Crippen LogP contribution in [-0.4, -0.2) is 19.9 Å². The average Bonchev–Trinajstić information content (AvgIpc) is 3.76. The number of furan rings is 1. The van der Waals surface area contributed by atoms with Crippen molar-refractivity contribution in [2.24, 2.45) is 0 Å². The van der Waals surface area contributed by atoms with E-state index < -0.39 is 0 Å². The molecule has 0 atom stereocenters. The van der Waals surface area contributed by atoms with Gasteiger partial charge in [-0.05, 0) is 71.6 Å². The third kappa shape index (κ3) is 4.57. The quantitative estimate of drug-likeness (QED) is 0.180. The van der Waals surface area contributed by atoms with E-state index in [1.54, 1.807) is 0 Å². The molecule has 6 heteroatoms. The van der Waals surface area contributed by atoms with Crippen molar-refractivity contribution in [1.29, 1.82) is 0 Å². The molecule has 0 spiro atoms. The van der Waals surface area contributed by atoms with Crippen molar-refractivity contribution in [3.8, 4) is 45.6 Å². The van der Waals surface area contributed by atoms with Gasteiger partial charge in [-0.1, -0.05) is 96.6 Å². The van der Waals surface area contributed by atoms with Gasteiger partial charge in [-0.15, -0.1) is 0 Å². The molecule has 7 aromatic carbocycles. The third-order valence-electron chi connectivity index (χ3n) is 9.18. The number of aryl methyl sites for hydroxylation is 1. The molecule has 0 saturated heterocycles. The molecule has 3 heterocycles. The van der Waals surface area contributed by atoms with Gasteiger partial charge in [0.2, 0.25) is 5.89 Å². The minimum absolute atomic E-state index is 0.576. The van der Waals surface area contributed by atoms with E-state index in [2.05, 4.69) is 73.7 Å². The number of benzene rings is 7. The van der Waals surface area contributed by atoms with Gasteiger partial charge in [-0.3, -0.25) is 0 Å². The van der Waals surface area contributed by atoms with Crippen LogP contribution in [0.1, 0.15) is 5.56 Å². The largest absolute Gasteiger partial charge is 0.456 e. The highest BCUT2D eigenvalue weighted by molar-refractivity contribution is 6.18. The third-order valence-corrected chi connectivity index (χ3v) is 9.18. The van der Waals surface area contributed by atoms with Crippen molar-refractivity contribution < 1.29 is 8.83 Å². The van der Waals surface area contributed by atoms with Crippen LogP contribution in [0.2, 0.25) is 0 Å². The molecule has 0 aliphatic carbocycles. The molecule has 0 amide bonds. The van der Waals surface area contributed by atoms with Crippen LogP contribution < -0.4 is 0 Å². The maximum Gasteiger partial charge on any atom is 0.227 e. The first-order valence-electron chi connectivity index (χ1n) is 16.2. The van der Waals surface area contributed by atoms with Crippen LogP contribution in [0.5, 0.6) is 0 Å². The van der Waals surface area contributed by atoms with Gasteiger partial charge in [0.15, 0.2) is 23.1 Å². The Morgan fingerprint density at radius 1 is 0.429 bits per heavy atom. The predicted octanol–water partition coefficient (Wildman–Crippen LogP) is 11.2. The molecule has 0 fully saturated rings. The van der Waals surface area contributed by atoms with Gasteiger partial charge in [0.1, 0.15) is 16.7 Å². The molecule has 3 aromatic heterocycles. The van der Waals surface area contributed by atoms with E-state index in [0.717, 1.165) is 82.4 Å². The van der Waals surface area contributed by atoms with Crippen molar-refractivity contribution in [3.05, 3.63) is 145 Å². The lowest BCUT2D eigenvalue weighted by Gasteiger charge is -2.10. The molecule has 10 rings (SSSR count). The molecule has 0 bridgehead atoms. The maximum absolute atomic E-state index is 6.48. The van der Waals surface area contributed by atoms with Gasteiger partial charge in [-0.25, -0.2) is 19.9 Å². The van der Waals surface area contributed by atoms with E-state index in [9.17, 15) is 0 Å². The number of nitrogens with zero attached hydrogens (tertiary/aromatic N) is 4. The Labute approximate surface area is 280 Å². The van der Waals surface area contributed by atoms with Gasteiger partial charge in [0.25, 0.3) is 0 Å². The van der Waals surface area contributed by atoms with Gasteiger partial charge < -0.3 is 8.83 Å². The summed E-state index contributed by atoms with van der Waals surface area (Å²) in [6, 6.07) is 47.2. The lowest BCUT2D eigenvalue weighted by molar-refractivity contribution is 0.623. The molecule has 6 nitrogen and oxygen atoms in total. The Morgan fingerprint density at radius 3 is 1.92 bits per heavy atom. The van der Waals surface area contributed by atoms with Crippen LogP contribution in [0.4, 0.5) is 0 Å².